The lowest BCUT2D eigenvalue weighted by Gasteiger charge is -2.16. The largest absolute Gasteiger partial charge is 0.411 e. The van der Waals surface area contributed by atoms with Crippen molar-refractivity contribution in [2.45, 2.75) is 31.5 Å². The van der Waals surface area contributed by atoms with Gasteiger partial charge >= 0.3 is 6.18 Å². The van der Waals surface area contributed by atoms with E-state index in [4.69, 9.17) is 0 Å². The van der Waals surface area contributed by atoms with Crippen LogP contribution in [0.5, 0.6) is 0 Å². The Morgan fingerprint density at radius 2 is 1.70 bits per heavy atom. The lowest BCUT2D eigenvalue weighted by Crippen LogP contribution is -2.23. The molecule has 0 saturated heterocycles. The van der Waals surface area contributed by atoms with Crippen LogP contribution in [0.4, 0.5) is 18.9 Å². The Labute approximate surface area is 173 Å². The second kappa shape index (κ2) is 9.15. The standard InChI is InChI=1S/C20H23F3N2O4S/c1-13-9-17(30(27,28)25(3)4)10-18(14(13)2)24-19(26)16-7-5-15(6-8-16)11-29-12-20(21,22)23/h5-10H,11-12H2,1-4H3,(H,24,26). The molecule has 0 aliphatic carbocycles. The molecule has 164 valence electrons. The average molecular weight is 444 g/mol. The number of carbonyl (C=O) groups is 1. The van der Waals surface area contributed by atoms with Gasteiger partial charge in [0.2, 0.25) is 10.0 Å². The van der Waals surface area contributed by atoms with Gasteiger partial charge < -0.3 is 10.1 Å². The van der Waals surface area contributed by atoms with Crippen molar-refractivity contribution in [2.75, 3.05) is 26.0 Å². The molecule has 6 nitrogen and oxygen atoms in total. The van der Waals surface area contributed by atoms with Crippen LogP contribution in [-0.4, -0.2) is 45.5 Å². The lowest BCUT2D eigenvalue weighted by atomic mass is 10.1. The Balaban J connectivity index is 2.17. The molecule has 0 unspecified atom stereocenters. The van der Waals surface area contributed by atoms with E-state index < -0.39 is 28.7 Å². The molecule has 0 aliphatic rings. The molecular formula is C20H23F3N2O4S. The third-order valence-electron chi connectivity index (χ3n) is 4.42. The van der Waals surface area contributed by atoms with Gasteiger partial charge in [-0.25, -0.2) is 12.7 Å². The van der Waals surface area contributed by atoms with E-state index in [-0.39, 0.29) is 17.1 Å². The first-order chi connectivity index (χ1) is 13.8. The maximum atomic E-state index is 12.6. The summed E-state index contributed by atoms with van der Waals surface area (Å²) in [5.41, 5.74) is 2.54. The molecule has 0 heterocycles. The number of hydrogen-bond donors (Lipinski definition) is 1. The van der Waals surface area contributed by atoms with Crippen molar-refractivity contribution in [2.24, 2.45) is 0 Å². The molecule has 0 radical (unpaired) electrons. The van der Waals surface area contributed by atoms with Crippen molar-refractivity contribution >= 4 is 21.6 Å². The number of rotatable bonds is 7. The summed E-state index contributed by atoms with van der Waals surface area (Å²) in [6, 6.07) is 8.85. The summed E-state index contributed by atoms with van der Waals surface area (Å²) < 4.78 is 66.9. The molecule has 0 saturated carbocycles. The van der Waals surface area contributed by atoms with E-state index in [2.05, 4.69) is 10.1 Å². The zero-order valence-corrected chi connectivity index (χ0v) is 17.8. The van der Waals surface area contributed by atoms with E-state index in [0.29, 0.717) is 16.8 Å². The van der Waals surface area contributed by atoms with Crippen molar-refractivity contribution in [1.82, 2.24) is 4.31 Å². The van der Waals surface area contributed by atoms with E-state index >= 15 is 0 Å². The Kier molecular flexibility index (Phi) is 7.27. The highest BCUT2D eigenvalue weighted by Crippen LogP contribution is 2.26. The number of halogens is 3. The normalized spacial score (nSPS) is 12.3. The number of aryl methyl sites for hydroxylation is 1. The maximum absolute atomic E-state index is 12.6. The lowest BCUT2D eigenvalue weighted by molar-refractivity contribution is -0.176. The molecule has 30 heavy (non-hydrogen) atoms. The molecule has 10 heteroatoms. The van der Waals surface area contributed by atoms with Crippen LogP contribution in [0.3, 0.4) is 0 Å². The van der Waals surface area contributed by atoms with Gasteiger partial charge in [0.25, 0.3) is 5.91 Å². The fraction of sp³-hybridized carbons (Fsp3) is 0.350. The smallest absolute Gasteiger partial charge is 0.367 e. The van der Waals surface area contributed by atoms with Gasteiger partial charge in [0.1, 0.15) is 6.61 Å². The fourth-order valence-corrected chi connectivity index (χ4v) is 3.56. The third-order valence-corrected chi connectivity index (χ3v) is 6.21. The topological polar surface area (TPSA) is 75.7 Å². The molecule has 2 rings (SSSR count). The minimum atomic E-state index is -4.40. The molecule has 2 aromatic carbocycles. The summed E-state index contributed by atoms with van der Waals surface area (Å²) in [6.45, 7) is 1.93. The number of sulfonamides is 1. The van der Waals surface area contributed by atoms with Crippen LogP contribution < -0.4 is 5.32 Å². The van der Waals surface area contributed by atoms with E-state index in [0.717, 1.165) is 9.87 Å². The summed E-state index contributed by atoms with van der Waals surface area (Å²) in [5, 5.41) is 2.70. The Morgan fingerprint density at radius 3 is 2.23 bits per heavy atom. The van der Waals surface area contributed by atoms with Crippen molar-refractivity contribution in [3.63, 3.8) is 0 Å². The van der Waals surface area contributed by atoms with Crippen LogP contribution >= 0.6 is 0 Å². The van der Waals surface area contributed by atoms with Crippen molar-refractivity contribution in [3.05, 3.63) is 58.7 Å². The Hall–Kier alpha value is -2.43. The first-order valence-electron chi connectivity index (χ1n) is 8.90. The van der Waals surface area contributed by atoms with E-state index in [1.165, 1.54) is 50.5 Å². The quantitative estimate of drug-likeness (QED) is 0.703. The van der Waals surface area contributed by atoms with E-state index in [9.17, 15) is 26.4 Å². The minimum absolute atomic E-state index is 0.0584. The Morgan fingerprint density at radius 1 is 1.10 bits per heavy atom. The van der Waals surface area contributed by atoms with Crippen LogP contribution in [0.15, 0.2) is 41.3 Å². The molecule has 2 aromatic rings. The fourth-order valence-electron chi connectivity index (χ4n) is 2.55. The summed E-state index contributed by atoms with van der Waals surface area (Å²) in [6.07, 6.45) is -4.40. The number of amides is 1. The Bertz CT molecular complexity index is 1020. The van der Waals surface area contributed by atoms with Crippen LogP contribution in [0.1, 0.15) is 27.0 Å². The molecule has 0 aromatic heterocycles. The van der Waals surface area contributed by atoms with Gasteiger partial charge in [0.15, 0.2) is 0 Å². The highest BCUT2D eigenvalue weighted by molar-refractivity contribution is 7.89. The molecule has 0 aliphatic heterocycles. The predicted molar refractivity (Wildman–Crippen MR) is 107 cm³/mol. The second-order valence-corrected chi connectivity index (χ2v) is 9.11. The van der Waals surface area contributed by atoms with Gasteiger partial charge in [0.05, 0.1) is 11.5 Å². The zero-order chi connectivity index (χ0) is 22.7. The SMILES string of the molecule is Cc1cc(S(=O)(=O)N(C)C)cc(NC(=O)c2ccc(COCC(F)(F)F)cc2)c1C. The molecule has 0 atom stereocenters. The van der Waals surface area contributed by atoms with E-state index in [1.807, 2.05) is 0 Å². The highest BCUT2D eigenvalue weighted by Gasteiger charge is 2.27. The summed E-state index contributed by atoms with van der Waals surface area (Å²) in [4.78, 5) is 12.6. The van der Waals surface area contributed by atoms with Crippen molar-refractivity contribution < 1.29 is 31.1 Å². The van der Waals surface area contributed by atoms with E-state index in [1.54, 1.807) is 13.8 Å². The highest BCUT2D eigenvalue weighted by atomic mass is 32.2. The van der Waals surface area contributed by atoms with Gasteiger partial charge in [-0.1, -0.05) is 12.1 Å². The van der Waals surface area contributed by atoms with Gasteiger partial charge in [0, 0.05) is 25.3 Å². The zero-order valence-electron chi connectivity index (χ0n) is 17.0. The number of anilines is 1. The second-order valence-electron chi connectivity index (χ2n) is 6.96. The molecule has 0 spiro atoms. The van der Waals surface area contributed by atoms with Gasteiger partial charge in [-0.05, 0) is 54.8 Å². The van der Waals surface area contributed by atoms with Gasteiger partial charge in [-0.15, -0.1) is 0 Å². The monoisotopic (exact) mass is 444 g/mol. The number of hydrogen-bond acceptors (Lipinski definition) is 4. The number of ether oxygens (including phenoxy) is 1. The minimum Gasteiger partial charge on any atom is -0.367 e. The molecule has 0 bridgehead atoms. The summed E-state index contributed by atoms with van der Waals surface area (Å²) >= 11 is 0. The van der Waals surface area contributed by atoms with Crippen LogP contribution in [0.25, 0.3) is 0 Å². The summed E-state index contributed by atoms with van der Waals surface area (Å²) in [5.74, 6) is -0.473. The van der Waals surface area contributed by atoms with Crippen molar-refractivity contribution in [1.29, 1.82) is 0 Å². The summed E-state index contributed by atoms with van der Waals surface area (Å²) in [7, 11) is -0.837. The number of benzene rings is 2. The van der Waals surface area contributed by atoms with Crippen LogP contribution in [0.2, 0.25) is 0 Å². The molecular weight excluding hydrogens is 421 g/mol. The molecule has 1 amide bonds. The number of nitrogens with zero attached hydrogens (tertiary/aromatic N) is 1. The van der Waals surface area contributed by atoms with Crippen LogP contribution in [0, 0.1) is 13.8 Å². The first-order valence-corrected chi connectivity index (χ1v) is 10.3. The van der Waals surface area contributed by atoms with Crippen LogP contribution in [-0.2, 0) is 21.4 Å². The molecule has 0 fully saturated rings. The third kappa shape index (κ3) is 6.04. The van der Waals surface area contributed by atoms with Crippen molar-refractivity contribution in [3.8, 4) is 0 Å². The predicted octanol–water partition coefficient (Wildman–Crippen LogP) is 3.88. The van der Waals surface area contributed by atoms with Gasteiger partial charge in [-0.2, -0.15) is 13.2 Å². The number of nitrogens with one attached hydrogen (secondary N) is 1. The number of alkyl halides is 3. The molecule has 1 N–H and O–H groups in total. The number of carbonyl (C=O) groups excluding carboxylic acids is 1. The first kappa shape index (κ1) is 23.8. The van der Waals surface area contributed by atoms with Gasteiger partial charge in [-0.3, -0.25) is 4.79 Å². The maximum Gasteiger partial charge on any atom is 0.411 e. The average Bonchev–Trinajstić information content (AvgIpc) is 2.64.